The smallest absolute Gasteiger partial charge is 0.167 e. The molecule has 1 aromatic heterocycles. The van der Waals surface area contributed by atoms with Crippen molar-refractivity contribution >= 4 is 11.8 Å². The molecular formula is C22H28N2OS. The van der Waals surface area contributed by atoms with Crippen molar-refractivity contribution in [1.82, 2.24) is 10.5 Å². The van der Waals surface area contributed by atoms with E-state index in [1.807, 2.05) is 0 Å². The topological polar surface area (TPSA) is 38.1 Å². The predicted molar refractivity (Wildman–Crippen MR) is 106 cm³/mol. The molecule has 138 valence electrons. The molecule has 26 heavy (non-hydrogen) atoms. The lowest BCUT2D eigenvalue weighted by Gasteiger charge is -2.57. The summed E-state index contributed by atoms with van der Waals surface area (Å²) >= 11 is 1.76. The number of rotatable bonds is 6. The summed E-state index contributed by atoms with van der Waals surface area (Å²) in [6, 6.07) is 10.6. The Kier molecular flexibility index (Phi) is 4.36. The average molecular weight is 369 g/mol. The van der Waals surface area contributed by atoms with Crippen molar-refractivity contribution in [2.45, 2.75) is 50.0 Å². The van der Waals surface area contributed by atoms with E-state index in [1.54, 1.807) is 11.8 Å². The van der Waals surface area contributed by atoms with Crippen molar-refractivity contribution in [2.24, 2.45) is 23.2 Å². The summed E-state index contributed by atoms with van der Waals surface area (Å²) in [6.45, 7) is 1.97. The van der Waals surface area contributed by atoms with Gasteiger partial charge < -0.3 is 9.84 Å². The van der Waals surface area contributed by atoms with Gasteiger partial charge in [-0.3, -0.25) is 0 Å². The summed E-state index contributed by atoms with van der Waals surface area (Å²) in [5, 5.41) is 7.99. The van der Waals surface area contributed by atoms with Crippen molar-refractivity contribution in [3.8, 4) is 11.3 Å². The maximum atomic E-state index is 5.57. The molecule has 0 unspecified atom stereocenters. The van der Waals surface area contributed by atoms with Gasteiger partial charge >= 0.3 is 0 Å². The number of hydrogen-bond acceptors (Lipinski definition) is 4. The van der Waals surface area contributed by atoms with Crippen LogP contribution in [0.15, 0.2) is 39.8 Å². The van der Waals surface area contributed by atoms with Gasteiger partial charge in [0.15, 0.2) is 5.76 Å². The molecule has 0 spiro atoms. The van der Waals surface area contributed by atoms with Gasteiger partial charge in [0.2, 0.25) is 0 Å². The number of benzene rings is 1. The van der Waals surface area contributed by atoms with E-state index in [9.17, 15) is 0 Å². The minimum absolute atomic E-state index is 0.578. The third kappa shape index (κ3) is 3.22. The number of aromatic nitrogens is 1. The van der Waals surface area contributed by atoms with Crippen LogP contribution in [0.4, 0.5) is 0 Å². The molecule has 1 aromatic carbocycles. The second-order valence-corrected chi connectivity index (χ2v) is 9.81. The number of hydrogen-bond donors (Lipinski definition) is 1. The van der Waals surface area contributed by atoms with E-state index < -0.39 is 0 Å². The summed E-state index contributed by atoms with van der Waals surface area (Å²) < 4.78 is 5.57. The molecule has 0 radical (unpaired) electrons. The van der Waals surface area contributed by atoms with Gasteiger partial charge in [0, 0.05) is 29.6 Å². The van der Waals surface area contributed by atoms with Crippen LogP contribution in [0.2, 0.25) is 0 Å². The first-order chi connectivity index (χ1) is 12.7. The van der Waals surface area contributed by atoms with Crippen molar-refractivity contribution in [2.75, 3.05) is 12.8 Å². The van der Waals surface area contributed by atoms with Crippen LogP contribution in [0, 0.1) is 23.2 Å². The van der Waals surface area contributed by atoms with Crippen LogP contribution in [0.3, 0.4) is 0 Å². The molecule has 4 aliphatic carbocycles. The first-order valence-corrected chi connectivity index (χ1v) is 11.2. The van der Waals surface area contributed by atoms with E-state index in [-0.39, 0.29) is 0 Å². The highest BCUT2D eigenvalue weighted by Gasteiger charge is 2.50. The quantitative estimate of drug-likeness (QED) is 0.696. The van der Waals surface area contributed by atoms with Gasteiger partial charge in [0.25, 0.3) is 0 Å². The normalized spacial score (nSPS) is 32.3. The van der Waals surface area contributed by atoms with Gasteiger partial charge in [0.05, 0.1) is 5.69 Å². The minimum atomic E-state index is 0.578. The van der Waals surface area contributed by atoms with Crippen LogP contribution in [-0.2, 0) is 6.54 Å². The fraction of sp³-hybridized carbons (Fsp3) is 0.591. The lowest BCUT2D eigenvalue weighted by Crippen LogP contribution is -2.50. The van der Waals surface area contributed by atoms with Crippen LogP contribution in [0.5, 0.6) is 0 Å². The Bertz CT molecular complexity index is 731. The Balaban J connectivity index is 1.19. The minimum Gasteiger partial charge on any atom is -0.356 e. The summed E-state index contributed by atoms with van der Waals surface area (Å²) in [5.41, 5.74) is 2.69. The molecule has 0 aliphatic heterocycles. The number of nitrogens with zero attached hydrogens (tertiary/aromatic N) is 1. The van der Waals surface area contributed by atoms with E-state index in [1.165, 1.54) is 43.4 Å². The highest BCUT2D eigenvalue weighted by atomic mass is 32.2. The highest BCUT2D eigenvalue weighted by Crippen LogP contribution is 2.59. The van der Waals surface area contributed by atoms with Crippen LogP contribution in [-0.4, -0.2) is 18.0 Å². The Morgan fingerprint density at radius 3 is 2.35 bits per heavy atom. The van der Waals surface area contributed by atoms with Gasteiger partial charge in [-0.25, -0.2) is 0 Å². The van der Waals surface area contributed by atoms with Gasteiger partial charge in [-0.05, 0) is 80.1 Å². The Hall–Kier alpha value is -1.26. The summed E-state index contributed by atoms with van der Waals surface area (Å²) in [6.07, 6.45) is 11.0. The average Bonchev–Trinajstić information content (AvgIpc) is 3.09. The molecule has 0 atom stereocenters. The maximum absolute atomic E-state index is 5.57. The molecule has 0 amide bonds. The molecule has 4 saturated carbocycles. The van der Waals surface area contributed by atoms with Crippen LogP contribution < -0.4 is 5.32 Å². The zero-order valence-corrected chi connectivity index (χ0v) is 16.4. The summed E-state index contributed by atoms with van der Waals surface area (Å²) in [7, 11) is 0. The first kappa shape index (κ1) is 16.9. The third-order valence-corrected chi connectivity index (χ3v) is 7.65. The molecule has 4 heteroatoms. The van der Waals surface area contributed by atoms with E-state index >= 15 is 0 Å². The zero-order chi connectivity index (χ0) is 17.6. The highest BCUT2D eigenvalue weighted by molar-refractivity contribution is 7.98. The van der Waals surface area contributed by atoms with Crippen LogP contribution in [0.25, 0.3) is 11.3 Å². The standard InChI is InChI=1S/C22H28N2OS/c1-26-20-4-2-18(3-5-20)21-9-19(24-25-21)13-23-14-22-10-15-6-16(11-22)8-17(7-15)12-22/h2-5,9,15-17,23H,6-8,10-14H2,1H3. The monoisotopic (exact) mass is 368 g/mol. The maximum Gasteiger partial charge on any atom is 0.167 e. The largest absolute Gasteiger partial charge is 0.356 e. The SMILES string of the molecule is CSc1ccc(-c2cc(CNCC34CC5CC(CC(C5)C3)C4)no2)cc1. The summed E-state index contributed by atoms with van der Waals surface area (Å²) in [4.78, 5) is 1.27. The molecule has 3 nitrogen and oxygen atoms in total. The van der Waals surface area contributed by atoms with E-state index in [2.05, 4.69) is 47.1 Å². The van der Waals surface area contributed by atoms with Crippen molar-refractivity contribution in [3.63, 3.8) is 0 Å². The van der Waals surface area contributed by atoms with Crippen molar-refractivity contribution in [3.05, 3.63) is 36.0 Å². The van der Waals surface area contributed by atoms with E-state index in [4.69, 9.17) is 4.52 Å². The summed E-state index contributed by atoms with van der Waals surface area (Å²) in [5.74, 6) is 3.92. The van der Waals surface area contributed by atoms with Crippen molar-refractivity contribution < 1.29 is 4.52 Å². The third-order valence-electron chi connectivity index (χ3n) is 6.90. The van der Waals surface area contributed by atoms with Gasteiger partial charge in [-0.2, -0.15) is 0 Å². The van der Waals surface area contributed by atoms with Gasteiger partial charge in [-0.1, -0.05) is 17.3 Å². The molecule has 1 N–H and O–H groups in total. The molecule has 4 aliphatic rings. The fourth-order valence-corrected chi connectivity index (χ4v) is 6.66. The second kappa shape index (κ2) is 6.72. The van der Waals surface area contributed by atoms with Crippen LogP contribution in [0.1, 0.15) is 44.2 Å². The molecule has 1 heterocycles. The van der Waals surface area contributed by atoms with Gasteiger partial charge in [-0.15, -0.1) is 11.8 Å². The number of thioether (sulfide) groups is 1. The Morgan fingerprint density at radius 1 is 1.08 bits per heavy atom. The van der Waals surface area contributed by atoms with E-state index in [0.29, 0.717) is 5.41 Å². The number of nitrogens with one attached hydrogen (secondary N) is 1. The fourth-order valence-electron chi connectivity index (χ4n) is 6.25. The molecular weight excluding hydrogens is 340 g/mol. The van der Waals surface area contributed by atoms with Crippen LogP contribution >= 0.6 is 11.8 Å². The Labute approximate surface area is 160 Å². The molecule has 0 saturated heterocycles. The second-order valence-electron chi connectivity index (χ2n) is 8.93. The lowest BCUT2D eigenvalue weighted by molar-refractivity contribution is -0.0514. The Morgan fingerprint density at radius 2 is 1.73 bits per heavy atom. The van der Waals surface area contributed by atoms with Crippen molar-refractivity contribution in [1.29, 1.82) is 0 Å². The van der Waals surface area contributed by atoms with Gasteiger partial charge in [0.1, 0.15) is 0 Å². The molecule has 6 rings (SSSR count). The molecule has 4 fully saturated rings. The molecule has 4 bridgehead atoms. The van der Waals surface area contributed by atoms with E-state index in [0.717, 1.165) is 47.9 Å². The lowest BCUT2D eigenvalue weighted by atomic mass is 9.49. The molecule has 2 aromatic rings. The predicted octanol–water partition coefficient (Wildman–Crippen LogP) is 5.37. The zero-order valence-electron chi connectivity index (χ0n) is 15.5. The first-order valence-electron chi connectivity index (χ1n) is 10.0.